The highest BCUT2D eigenvalue weighted by Crippen LogP contribution is 2.32. The fraction of sp³-hybridized carbons (Fsp3) is 0.0435. The van der Waals surface area contributed by atoms with Crippen LogP contribution >= 0.6 is 27.7 Å². The quantitative estimate of drug-likeness (QED) is 0.230. The molecule has 0 bridgehead atoms. The maximum Gasteiger partial charge on any atom is 0.269 e. The molecule has 4 nitrogen and oxygen atoms in total. The molecule has 1 aromatic heterocycles. The Morgan fingerprint density at radius 2 is 1.41 bits per heavy atom. The van der Waals surface area contributed by atoms with Crippen LogP contribution in [0.15, 0.2) is 99.2 Å². The molecule has 0 saturated heterocycles. The highest BCUT2D eigenvalue weighted by atomic mass is 79.9. The number of rotatable bonds is 5. The van der Waals surface area contributed by atoms with E-state index in [0.29, 0.717) is 0 Å². The van der Waals surface area contributed by atoms with Crippen LogP contribution in [0.25, 0.3) is 16.9 Å². The summed E-state index contributed by atoms with van der Waals surface area (Å²) in [6.07, 6.45) is 0. The molecule has 0 N–H and O–H groups in total. The average molecular weight is 465 g/mol. The number of hydrogen-bond acceptors (Lipinski definition) is 3. The number of aryl methyl sites for hydroxylation is 1. The van der Waals surface area contributed by atoms with Gasteiger partial charge in [-0.2, -0.15) is 0 Å². The van der Waals surface area contributed by atoms with E-state index in [2.05, 4.69) is 76.0 Å². The van der Waals surface area contributed by atoms with Gasteiger partial charge in [0.15, 0.2) is 0 Å². The van der Waals surface area contributed by atoms with E-state index in [4.69, 9.17) is 0 Å². The predicted octanol–water partition coefficient (Wildman–Crippen LogP) is 7.27. The Morgan fingerprint density at radius 1 is 0.828 bits per heavy atom. The molecule has 0 unspecified atom stereocenters. The topological polar surface area (TPSA) is 48.1 Å². The van der Waals surface area contributed by atoms with Crippen molar-refractivity contribution < 1.29 is 4.92 Å². The summed E-state index contributed by atoms with van der Waals surface area (Å²) in [5.74, 6) is 0. The maximum atomic E-state index is 10.8. The molecule has 0 radical (unpaired) electrons. The number of aromatic nitrogens is 1. The lowest BCUT2D eigenvalue weighted by molar-refractivity contribution is -0.384. The standard InChI is InChI=1S/C23H17BrN2O2S/c1-16-2-15-23(17-3-5-18(24)6-4-17)25(16)19-7-11-21(12-8-19)29-22-13-9-20(10-14-22)26(27)28/h2-15H,1H3. The highest BCUT2D eigenvalue weighted by molar-refractivity contribution is 9.10. The Hall–Kier alpha value is -2.83. The fourth-order valence-corrected chi connectivity index (χ4v) is 4.24. The minimum Gasteiger partial charge on any atom is -0.314 e. The van der Waals surface area contributed by atoms with E-state index in [-0.39, 0.29) is 10.6 Å². The van der Waals surface area contributed by atoms with Gasteiger partial charge in [-0.25, -0.2) is 0 Å². The smallest absolute Gasteiger partial charge is 0.269 e. The molecule has 144 valence electrons. The molecule has 0 saturated carbocycles. The Kier molecular flexibility index (Phi) is 5.56. The average Bonchev–Trinajstić information content (AvgIpc) is 3.11. The van der Waals surface area contributed by atoms with E-state index in [1.165, 1.54) is 17.8 Å². The van der Waals surface area contributed by atoms with Gasteiger partial charge < -0.3 is 4.57 Å². The molecule has 4 aromatic rings. The lowest BCUT2D eigenvalue weighted by atomic mass is 10.1. The molecule has 0 aliphatic rings. The Labute approximate surface area is 181 Å². The summed E-state index contributed by atoms with van der Waals surface area (Å²) < 4.78 is 3.30. The largest absolute Gasteiger partial charge is 0.314 e. The first-order valence-electron chi connectivity index (χ1n) is 8.98. The van der Waals surface area contributed by atoms with E-state index in [9.17, 15) is 10.1 Å². The molecular formula is C23H17BrN2O2S. The number of nitro groups is 1. The molecule has 0 aliphatic carbocycles. The van der Waals surface area contributed by atoms with Gasteiger partial charge in [-0.15, -0.1) is 0 Å². The summed E-state index contributed by atoms with van der Waals surface area (Å²) in [5, 5.41) is 10.8. The Balaban J connectivity index is 1.59. The van der Waals surface area contributed by atoms with Crippen LogP contribution in [0.5, 0.6) is 0 Å². The van der Waals surface area contributed by atoms with Crippen molar-refractivity contribution in [3.8, 4) is 16.9 Å². The second kappa shape index (κ2) is 8.27. The van der Waals surface area contributed by atoms with E-state index < -0.39 is 0 Å². The molecule has 0 aliphatic heterocycles. The first kappa shape index (κ1) is 19.5. The third kappa shape index (κ3) is 4.28. The van der Waals surface area contributed by atoms with Crippen LogP contribution < -0.4 is 0 Å². The number of nitro benzene ring substituents is 1. The van der Waals surface area contributed by atoms with E-state index in [0.717, 1.165) is 31.2 Å². The van der Waals surface area contributed by atoms with Gasteiger partial charge in [-0.1, -0.05) is 39.8 Å². The van der Waals surface area contributed by atoms with Crippen LogP contribution in [0.4, 0.5) is 5.69 Å². The Bertz CT molecular complexity index is 1150. The summed E-state index contributed by atoms with van der Waals surface area (Å²) in [6, 6.07) is 27.5. The molecule has 29 heavy (non-hydrogen) atoms. The van der Waals surface area contributed by atoms with Crippen molar-refractivity contribution in [1.29, 1.82) is 0 Å². The van der Waals surface area contributed by atoms with Gasteiger partial charge in [0, 0.05) is 37.8 Å². The van der Waals surface area contributed by atoms with Gasteiger partial charge in [0.1, 0.15) is 0 Å². The number of halogens is 1. The lowest BCUT2D eigenvalue weighted by Crippen LogP contribution is -1.98. The molecule has 0 fully saturated rings. The molecule has 0 spiro atoms. The zero-order chi connectivity index (χ0) is 20.4. The normalized spacial score (nSPS) is 10.8. The third-order valence-corrected chi connectivity index (χ3v) is 6.14. The van der Waals surface area contributed by atoms with E-state index in [1.54, 1.807) is 23.9 Å². The molecule has 6 heteroatoms. The van der Waals surface area contributed by atoms with Crippen LogP contribution in [0.1, 0.15) is 5.69 Å². The number of hydrogen-bond donors (Lipinski definition) is 0. The molecule has 3 aromatic carbocycles. The second-order valence-electron chi connectivity index (χ2n) is 6.55. The van der Waals surface area contributed by atoms with Gasteiger partial charge in [-0.3, -0.25) is 10.1 Å². The highest BCUT2D eigenvalue weighted by Gasteiger charge is 2.10. The third-order valence-electron chi connectivity index (χ3n) is 4.59. The predicted molar refractivity (Wildman–Crippen MR) is 121 cm³/mol. The van der Waals surface area contributed by atoms with Crippen LogP contribution in [0.2, 0.25) is 0 Å². The lowest BCUT2D eigenvalue weighted by Gasteiger charge is -2.13. The SMILES string of the molecule is Cc1ccc(-c2ccc(Br)cc2)n1-c1ccc(Sc2ccc([N+](=O)[O-])cc2)cc1. The van der Waals surface area contributed by atoms with Crippen LogP contribution in [-0.4, -0.2) is 9.49 Å². The summed E-state index contributed by atoms with van der Waals surface area (Å²) in [5.41, 5.74) is 4.67. The molecule has 1 heterocycles. The second-order valence-corrected chi connectivity index (χ2v) is 8.61. The zero-order valence-electron chi connectivity index (χ0n) is 15.6. The summed E-state index contributed by atoms with van der Waals surface area (Å²) in [6.45, 7) is 2.10. The van der Waals surface area contributed by atoms with Crippen molar-refractivity contribution in [3.63, 3.8) is 0 Å². The van der Waals surface area contributed by atoms with Crippen molar-refractivity contribution >= 4 is 33.4 Å². The molecular weight excluding hydrogens is 448 g/mol. The van der Waals surface area contributed by atoms with Gasteiger partial charge in [-0.05, 0) is 73.2 Å². The van der Waals surface area contributed by atoms with Gasteiger partial charge >= 0.3 is 0 Å². The van der Waals surface area contributed by atoms with Gasteiger partial charge in [0.25, 0.3) is 5.69 Å². The minimum absolute atomic E-state index is 0.105. The first-order chi connectivity index (χ1) is 14.0. The zero-order valence-corrected chi connectivity index (χ0v) is 18.0. The minimum atomic E-state index is -0.383. The van der Waals surface area contributed by atoms with Crippen molar-refractivity contribution in [2.45, 2.75) is 16.7 Å². The number of benzene rings is 3. The van der Waals surface area contributed by atoms with Gasteiger partial charge in [0.05, 0.1) is 10.6 Å². The maximum absolute atomic E-state index is 10.8. The summed E-state index contributed by atoms with van der Waals surface area (Å²) >= 11 is 5.07. The van der Waals surface area contributed by atoms with Crippen molar-refractivity contribution in [1.82, 2.24) is 4.57 Å². The summed E-state index contributed by atoms with van der Waals surface area (Å²) in [7, 11) is 0. The number of non-ortho nitro benzene ring substituents is 1. The molecule has 0 atom stereocenters. The van der Waals surface area contributed by atoms with Gasteiger partial charge in [0.2, 0.25) is 0 Å². The van der Waals surface area contributed by atoms with Crippen LogP contribution in [0.3, 0.4) is 0 Å². The summed E-state index contributed by atoms with van der Waals surface area (Å²) in [4.78, 5) is 12.5. The molecule has 0 amide bonds. The van der Waals surface area contributed by atoms with Crippen LogP contribution in [-0.2, 0) is 0 Å². The van der Waals surface area contributed by atoms with Crippen molar-refractivity contribution in [3.05, 3.63) is 105 Å². The fourth-order valence-electron chi connectivity index (χ4n) is 3.16. The monoisotopic (exact) mass is 464 g/mol. The van der Waals surface area contributed by atoms with E-state index in [1.807, 2.05) is 12.1 Å². The first-order valence-corrected chi connectivity index (χ1v) is 10.6. The number of nitrogens with zero attached hydrogens (tertiary/aromatic N) is 2. The molecule has 4 rings (SSSR count). The Morgan fingerprint density at radius 3 is 2.00 bits per heavy atom. The van der Waals surface area contributed by atoms with Crippen LogP contribution in [0, 0.1) is 17.0 Å². The van der Waals surface area contributed by atoms with Crippen molar-refractivity contribution in [2.24, 2.45) is 0 Å². The van der Waals surface area contributed by atoms with Crippen molar-refractivity contribution in [2.75, 3.05) is 0 Å². The van der Waals surface area contributed by atoms with E-state index >= 15 is 0 Å².